The van der Waals surface area contributed by atoms with Crippen molar-refractivity contribution in [3.63, 3.8) is 0 Å². The molecular weight excluding hydrogens is 242 g/mol. The SMILES string of the molecule is CCn1cc(OCC(O)c2ccc(CN)cc2)cn1. The molecule has 0 aliphatic carbocycles. The Kier molecular flexibility index (Phi) is 4.54. The van der Waals surface area contributed by atoms with Gasteiger partial charge in [0.15, 0.2) is 5.75 Å². The molecule has 1 aromatic heterocycles. The zero-order valence-corrected chi connectivity index (χ0v) is 11.0. The number of rotatable bonds is 6. The zero-order chi connectivity index (χ0) is 13.7. The van der Waals surface area contributed by atoms with Gasteiger partial charge in [0.2, 0.25) is 0 Å². The Bertz CT molecular complexity index is 508. The highest BCUT2D eigenvalue weighted by Gasteiger charge is 2.09. The number of benzene rings is 1. The molecule has 0 aliphatic heterocycles. The van der Waals surface area contributed by atoms with Crippen molar-refractivity contribution in [2.45, 2.75) is 26.1 Å². The first-order valence-corrected chi connectivity index (χ1v) is 6.35. The number of nitrogens with zero attached hydrogens (tertiary/aromatic N) is 2. The quantitative estimate of drug-likeness (QED) is 0.826. The molecule has 19 heavy (non-hydrogen) atoms. The third-order valence-electron chi connectivity index (χ3n) is 2.94. The maximum Gasteiger partial charge on any atom is 0.157 e. The lowest BCUT2D eigenvalue weighted by Gasteiger charge is -2.12. The first kappa shape index (κ1) is 13.6. The summed E-state index contributed by atoms with van der Waals surface area (Å²) in [6, 6.07) is 7.55. The van der Waals surface area contributed by atoms with E-state index in [4.69, 9.17) is 10.5 Å². The molecule has 0 fully saturated rings. The molecule has 0 radical (unpaired) electrons. The summed E-state index contributed by atoms with van der Waals surface area (Å²) in [7, 11) is 0. The van der Waals surface area contributed by atoms with Gasteiger partial charge in [0.1, 0.15) is 12.7 Å². The maximum absolute atomic E-state index is 10.0. The van der Waals surface area contributed by atoms with E-state index in [1.807, 2.05) is 37.4 Å². The second-order valence-electron chi connectivity index (χ2n) is 4.30. The molecule has 0 spiro atoms. The normalized spacial score (nSPS) is 12.4. The summed E-state index contributed by atoms with van der Waals surface area (Å²) >= 11 is 0. The minimum atomic E-state index is -0.656. The van der Waals surface area contributed by atoms with E-state index in [2.05, 4.69) is 5.10 Å². The fourth-order valence-electron chi connectivity index (χ4n) is 1.74. The summed E-state index contributed by atoms with van der Waals surface area (Å²) in [6.07, 6.45) is 2.80. The Labute approximate surface area is 112 Å². The van der Waals surface area contributed by atoms with Crippen LogP contribution in [0.3, 0.4) is 0 Å². The van der Waals surface area contributed by atoms with Crippen molar-refractivity contribution < 1.29 is 9.84 Å². The van der Waals surface area contributed by atoms with Crippen LogP contribution in [-0.4, -0.2) is 21.5 Å². The summed E-state index contributed by atoms with van der Waals surface area (Å²) in [4.78, 5) is 0. The van der Waals surface area contributed by atoms with Crippen LogP contribution in [-0.2, 0) is 13.1 Å². The Hall–Kier alpha value is -1.85. The van der Waals surface area contributed by atoms with E-state index >= 15 is 0 Å². The number of hydrogen-bond acceptors (Lipinski definition) is 4. The van der Waals surface area contributed by atoms with Crippen LogP contribution in [0, 0.1) is 0 Å². The molecule has 102 valence electrons. The number of nitrogens with two attached hydrogens (primary N) is 1. The molecule has 0 amide bonds. The molecule has 3 N–H and O–H groups in total. The van der Waals surface area contributed by atoms with Crippen LogP contribution in [0.5, 0.6) is 5.75 Å². The van der Waals surface area contributed by atoms with Gasteiger partial charge in [-0.2, -0.15) is 5.10 Å². The fourth-order valence-corrected chi connectivity index (χ4v) is 1.74. The second kappa shape index (κ2) is 6.36. The third-order valence-corrected chi connectivity index (χ3v) is 2.94. The molecule has 2 aromatic rings. The third kappa shape index (κ3) is 3.56. The molecule has 0 bridgehead atoms. The Balaban J connectivity index is 1.90. The van der Waals surface area contributed by atoms with Crippen LogP contribution in [0.2, 0.25) is 0 Å². The first-order chi connectivity index (χ1) is 9.22. The van der Waals surface area contributed by atoms with E-state index in [1.165, 1.54) is 0 Å². The van der Waals surface area contributed by atoms with Crippen LogP contribution >= 0.6 is 0 Å². The van der Waals surface area contributed by atoms with Gasteiger partial charge in [0.25, 0.3) is 0 Å². The van der Waals surface area contributed by atoms with Crippen molar-refractivity contribution in [1.29, 1.82) is 0 Å². The van der Waals surface area contributed by atoms with Crippen molar-refractivity contribution in [3.05, 3.63) is 47.8 Å². The van der Waals surface area contributed by atoms with Crippen LogP contribution in [0.4, 0.5) is 0 Å². The highest BCUT2D eigenvalue weighted by molar-refractivity contribution is 5.24. The number of hydrogen-bond donors (Lipinski definition) is 2. The lowest BCUT2D eigenvalue weighted by molar-refractivity contribution is 0.108. The zero-order valence-electron chi connectivity index (χ0n) is 11.0. The fraction of sp³-hybridized carbons (Fsp3) is 0.357. The molecule has 5 heteroatoms. The van der Waals surface area contributed by atoms with Gasteiger partial charge in [-0.25, -0.2) is 0 Å². The van der Waals surface area contributed by atoms with Gasteiger partial charge in [-0.1, -0.05) is 24.3 Å². The standard InChI is InChI=1S/C14H19N3O2/c1-2-17-9-13(8-16-17)19-10-14(18)12-5-3-11(7-15)4-6-12/h3-6,8-9,14,18H,2,7,10,15H2,1H3. The smallest absolute Gasteiger partial charge is 0.157 e. The number of ether oxygens (including phenoxy) is 1. The molecule has 0 aliphatic rings. The van der Waals surface area contributed by atoms with Gasteiger partial charge < -0.3 is 15.6 Å². The summed E-state index contributed by atoms with van der Waals surface area (Å²) in [6.45, 7) is 3.51. The highest BCUT2D eigenvalue weighted by Crippen LogP contribution is 2.16. The average molecular weight is 261 g/mol. The van der Waals surface area contributed by atoms with Crippen LogP contribution in [0.1, 0.15) is 24.2 Å². The van der Waals surface area contributed by atoms with Gasteiger partial charge in [-0.3, -0.25) is 4.68 Å². The molecule has 0 saturated carbocycles. The van der Waals surface area contributed by atoms with E-state index in [-0.39, 0.29) is 6.61 Å². The predicted molar refractivity (Wildman–Crippen MR) is 72.7 cm³/mol. The predicted octanol–water partition coefficient (Wildman–Crippen LogP) is 1.47. The van der Waals surface area contributed by atoms with E-state index < -0.39 is 6.10 Å². The summed E-state index contributed by atoms with van der Waals surface area (Å²) in [5.41, 5.74) is 7.39. The number of aromatic nitrogens is 2. The van der Waals surface area contributed by atoms with Crippen molar-refractivity contribution in [2.24, 2.45) is 5.73 Å². The first-order valence-electron chi connectivity index (χ1n) is 6.35. The average Bonchev–Trinajstić information content (AvgIpc) is 2.93. The monoisotopic (exact) mass is 261 g/mol. The minimum Gasteiger partial charge on any atom is -0.487 e. The van der Waals surface area contributed by atoms with Gasteiger partial charge in [-0.05, 0) is 18.1 Å². The molecule has 1 atom stereocenters. The van der Waals surface area contributed by atoms with Gasteiger partial charge in [0, 0.05) is 13.1 Å². The van der Waals surface area contributed by atoms with Crippen molar-refractivity contribution in [2.75, 3.05) is 6.61 Å². The van der Waals surface area contributed by atoms with Crippen molar-refractivity contribution in [1.82, 2.24) is 9.78 Å². The maximum atomic E-state index is 10.0. The van der Waals surface area contributed by atoms with Crippen molar-refractivity contribution in [3.8, 4) is 5.75 Å². The molecule has 1 heterocycles. The van der Waals surface area contributed by atoms with E-state index in [0.29, 0.717) is 12.3 Å². The topological polar surface area (TPSA) is 73.3 Å². The Morgan fingerprint density at radius 1 is 1.37 bits per heavy atom. The lowest BCUT2D eigenvalue weighted by Crippen LogP contribution is -2.09. The molecule has 0 saturated heterocycles. The minimum absolute atomic E-state index is 0.206. The molecule has 2 rings (SSSR count). The molecule has 1 aromatic carbocycles. The van der Waals surface area contributed by atoms with E-state index in [9.17, 15) is 5.11 Å². The van der Waals surface area contributed by atoms with Gasteiger partial charge in [0.05, 0.1) is 12.4 Å². The Morgan fingerprint density at radius 3 is 2.68 bits per heavy atom. The Morgan fingerprint density at radius 2 is 2.11 bits per heavy atom. The largest absolute Gasteiger partial charge is 0.487 e. The molecule has 1 unspecified atom stereocenters. The highest BCUT2D eigenvalue weighted by atomic mass is 16.5. The summed E-state index contributed by atoms with van der Waals surface area (Å²) in [5, 5.41) is 14.1. The number of aliphatic hydroxyl groups is 1. The van der Waals surface area contributed by atoms with Gasteiger partial charge in [-0.15, -0.1) is 0 Å². The summed E-state index contributed by atoms with van der Waals surface area (Å²) < 4.78 is 7.28. The second-order valence-corrected chi connectivity index (χ2v) is 4.30. The van der Waals surface area contributed by atoms with Crippen LogP contribution in [0.15, 0.2) is 36.7 Å². The van der Waals surface area contributed by atoms with Crippen LogP contribution < -0.4 is 10.5 Å². The molecular formula is C14H19N3O2. The van der Waals surface area contributed by atoms with Gasteiger partial charge >= 0.3 is 0 Å². The lowest BCUT2D eigenvalue weighted by atomic mass is 10.1. The number of aliphatic hydroxyl groups excluding tert-OH is 1. The molecule has 5 nitrogen and oxygen atoms in total. The van der Waals surface area contributed by atoms with Crippen LogP contribution in [0.25, 0.3) is 0 Å². The van der Waals surface area contributed by atoms with Crippen molar-refractivity contribution >= 4 is 0 Å². The summed E-state index contributed by atoms with van der Waals surface area (Å²) in [5.74, 6) is 0.666. The van der Waals surface area contributed by atoms with E-state index in [0.717, 1.165) is 17.7 Å². The number of aryl methyl sites for hydroxylation is 1. The van der Waals surface area contributed by atoms with E-state index in [1.54, 1.807) is 10.9 Å².